The lowest BCUT2D eigenvalue weighted by Gasteiger charge is -2.36. The van der Waals surface area contributed by atoms with Gasteiger partial charge in [0.1, 0.15) is 5.82 Å². The summed E-state index contributed by atoms with van der Waals surface area (Å²) in [6, 6.07) is 0.853. The van der Waals surface area contributed by atoms with Crippen molar-refractivity contribution < 1.29 is 13.6 Å². The van der Waals surface area contributed by atoms with E-state index in [4.69, 9.17) is 0 Å². The van der Waals surface area contributed by atoms with Gasteiger partial charge in [0.15, 0.2) is 11.5 Å². The largest absolute Gasteiger partial charge is 0.334 e. The Morgan fingerprint density at radius 2 is 1.91 bits per heavy atom. The Kier molecular flexibility index (Phi) is 5.20. The van der Waals surface area contributed by atoms with Crippen LogP contribution in [0.25, 0.3) is 0 Å². The normalized spacial score (nSPS) is 22.5. The highest BCUT2D eigenvalue weighted by atomic mass is 19.1. The van der Waals surface area contributed by atoms with Crippen LogP contribution in [0.5, 0.6) is 0 Å². The van der Waals surface area contributed by atoms with Crippen LogP contribution in [0.1, 0.15) is 49.0 Å². The number of aromatic nitrogens is 1. The first kappa shape index (κ1) is 16.3. The second-order valence-corrected chi connectivity index (χ2v) is 6.47. The van der Waals surface area contributed by atoms with Gasteiger partial charge in [0.25, 0.3) is 5.91 Å². The molecule has 2 fully saturated rings. The molecular formula is C17H23F2N3O. The number of rotatable bonds is 4. The summed E-state index contributed by atoms with van der Waals surface area (Å²) in [5.74, 6) is -2.05. The number of piperidine rings is 1. The maximum absolute atomic E-state index is 13.9. The molecule has 0 aliphatic carbocycles. The second-order valence-electron chi connectivity index (χ2n) is 6.47. The van der Waals surface area contributed by atoms with Crippen molar-refractivity contribution in [2.24, 2.45) is 0 Å². The quantitative estimate of drug-likeness (QED) is 0.855. The zero-order chi connectivity index (χ0) is 16.2. The van der Waals surface area contributed by atoms with E-state index < -0.39 is 17.5 Å². The topological polar surface area (TPSA) is 36.4 Å². The van der Waals surface area contributed by atoms with Gasteiger partial charge >= 0.3 is 0 Å². The number of carbonyl (C=O) groups excluding carboxylic acids is 1. The molecule has 1 aromatic heterocycles. The Balaban J connectivity index is 1.68. The van der Waals surface area contributed by atoms with Crippen molar-refractivity contribution in [3.8, 4) is 0 Å². The number of nitrogens with zero attached hydrogens (tertiary/aromatic N) is 3. The van der Waals surface area contributed by atoms with E-state index in [1.165, 1.54) is 12.8 Å². The van der Waals surface area contributed by atoms with Crippen LogP contribution in [0, 0.1) is 11.6 Å². The molecule has 6 heteroatoms. The van der Waals surface area contributed by atoms with Crippen molar-refractivity contribution in [1.29, 1.82) is 0 Å². The fraction of sp³-hybridized carbons (Fsp3) is 0.647. The highest BCUT2D eigenvalue weighted by molar-refractivity contribution is 5.92. The maximum Gasteiger partial charge on any atom is 0.275 e. The summed E-state index contributed by atoms with van der Waals surface area (Å²) < 4.78 is 26.8. The molecule has 4 nitrogen and oxygen atoms in total. The van der Waals surface area contributed by atoms with Gasteiger partial charge in [-0.05, 0) is 51.6 Å². The molecule has 0 aromatic carbocycles. The van der Waals surface area contributed by atoms with Crippen molar-refractivity contribution in [2.75, 3.05) is 26.2 Å². The van der Waals surface area contributed by atoms with E-state index in [1.807, 2.05) is 0 Å². The number of pyridine rings is 1. The van der Waals surface area contributed by atoms with Crippen molar-refractivity contribution in [3.05, 3.63) is 29.6 Å². The molecule has 3 rings (SSSR count). The average molecular weight is 323 g/mol. The van der Waals surface area contributed by atoms with Gasteiger partial charge in [-0.1, -0.05) is 0 Å². The minimum atomic E-state index is -0.876. The van der Waals surface area contributed by atoms with E-state index >= 15 is 0 Å². The zero-order valence-corrected chi connectivity index (χ0v) is 13.3. The Morgan fingerprint density at radius 1 is 1.17 bits per heavy atom. The van der Waals surface area contributed by atoms with E-state index in [0.717, 1.165) is 57.6 Å². The third-order valence-electron chi connectivity index (χ3n) is 4.88. The van der Waals surface area contributed by atoms with E-state index in [9.17, 15) is 13.6 Å². The molecule has 3 heterocycles. The number of likely N-dealkylation sites (tertiary alicyclic amines) is 2. The predicted molar refractivity (Wildman–Crippen MR) is 83.1 cm³/mol. The summed E-state index contributed by atoms with van der Waals surface area (Å²) in [4.78, 5) is 20.5. The van der Waals surface area contributed by atoms with Crippen LogP contribution in [0.3, 0.4) is 0 Å². The summed E-state index contributed by atoms with van der Waals surface area (Å²) in [5, 5.41) is 0. The first-order valence-corrected chi connectivity index (χ1v) is 8.49. The van der Waals surface area contributed by atoms with Gasteiger partial charge in [0, 0.05) is 25.2 Å². The number of carbonyl (C=O) groups is 1. The molecule has 23 heavy (non-hydrogen) atoms. The lowest BCUT2D eigenvalue weighted by molar-refractivity contribution is 0.0576. The Hall–Kier alpha value is -1.56. The summed E-state index contributed by atoms with van der Waals surface area (Å²) >= 11 is 0. The summed E-state index contributed by atoms with van der Waals surface area (Å²) in [6.45, 7) is 3.87. The van der Waals surface area contributed by atoms with Gasteiger partial charge in [0.2, 0.25) is 0 Å². The van der Waals surface area contributed by atoms with Gasteiger partial charge in [0.05, 0.1) is 6.20 Å². The van der Waals surface area contributed by atoms with Crippen LogP contribution < -0.4 is 0 Å². The van der Waals surface area contributed by atoms with Crippen molar-refractivity contribution >= 4 is 5.91 Å². The van der Waals surface area contributed by atoms with Gasteiger partial charge in [-0.2, -0.15) is 0 Å². The first-order valence-electron chi connectivity index (χ1n) is 8.49. The third-order valence-corrected chi connectivity index (χ3v) is 4.88. The second kappa shape index (κ2) is 7.34. The van der Waals surface area contributed by atoms with E-state index in [-0.39, 0.29) is 11.7 Å². The maximum atomic E-state index is 13.9. The molecule has 0 radical (unpaired) electrons. The summed E-state index contributed by atoms with van der Waals surface area (Å²) in [5.41, 5.74) is -0.264. The van der Waals surface area contributed by atoms with Crippen LogP contribution in [0.4, 0.5) is 8.78 Å². The van der Waals surface area contributed by atoms with Crippen molar-refractivity contribution in [2.45, 2.75) is 44.6 Å². The summed E-state index contributed by atoms with van der Waals surface area (Å²) in [7, 11) is 0. The number of amides is 1. The monoisotopic (exact) mass is 323 g/mol. The number of halogens is 2. The van der Waals surface area contributed by atoms with Crippen LogP contribution in [0.2, 0.25) is 0 Å². The van der Waals surface area contributed by atoms with Crippen LogP contribution in [-0.4, -0.2) is 52.9 Å². The fourth-order valence-electron chi connectivity index (χ4n) is 3.61. The lowest BCUT2D eigenvalue weighted by Crippen LogP contribution is -2.45. The van der Waals surface area contributed by atoms with Gasteiger partial charge in [-0.15, -0.1) is 0 Å². The highest BCUT2D eigenvalue weighted by Gasteiger charge is 2.30. The predicted octanol–water partition coefficient (Wildman–Crippen LogP) is 2.84. The molecule has 0 saturated carbocycles. The molecule has 1 amide bonds. The fourth-order valence-corrected chi connectivity index (χ4v) is 3.61. The molecule has 0 bridgehead atoms. The van der Waals surface area contributed by atoms with Crippen LogP contribution in [0.15, 0.2) is 12.3 Å². The molecule has 2 saturated heterocycles. The van der Waals surface area contributed by atoms with Crippen LogP contribution >= 0.6 is 0 Å². The molecule has 0 N–H and O–H groups in total. The number of hydrogen-bond acceptors (Lipinski definition) is 3. The Labute approximate surface area is 135 Å². The Bertz CT molecular complexity index is 561. The first-order chi connectivity index (χ1) is 11.1. The SMILES string of the molecule is O=C(c1ncc(F)cc1F)N1CCCCC1CCN1CCCC1. The molecule has 1 aromatic rings. The highest BCUT2D eigenvalue weighted by Crippen LogP contribution is 2.23. The Morgan fingerprint density at radius 3 is 2.65 bits per heavy atom. The minimum Gasteiger partial charge on any atom is -0.334 e. The van der Waals surface area contributed by atoms with Gasteiger partial charge in [-0.25, -0.2) is 13.8 Å². The molecule has 0 spiro atoms. The van der Waals surface area contributed by atoms with E-state index in [2.05, 4.69) is 9.88 Å². The molecule has 2 aliphatic heterocycles. The lowest BCUT2D eigenvalue weighted by atomic mass is 9.98. The average Bonchev–Trinajstić information content (AvgIpc) is 3.06. The summed E-state index contributed by atoms with van der Waals surface area (Å²) in [6.07, 6.45) is 7.27. The zero-order valence-electron chi connectivity index (χ0n) is 13.3. The van der Waals surface area contributed by atoms with Gasteiger partial charge < -0.3 is 9.80 Å². The smallest absolute Gasteiger partial charge is 0.275 e. The molecule has 2 aliphatic rings. The standard InChI is InChI=1S/C17H23F2N3O/c18-13-11-15(19)16(20-12-13)17(23)22-9-2-1-5-14(22)6-10-21-7-3-4-8-21/h11-12,14H,1-10H2. The van der Waals surface area contributed by atoms with Gasteiger partial charge in [-0.3, -0.25) is 4.79 Å². The van der Waals surface area contributed by atoms with E-state index in [1.54, 1.807) is 4.90 Å². The van der Waals surface area contributed by atoms with E-state index in [0.29, 0.717) is 6.54 Å². The molecule has 1 unspecified atom stereocenters. The molecule has 126 valence electrons. The molecule has 1 atom stereocenters. The van der Waals surface area contributed by atoms with Crippen LogP contribution in [-0.2, 0) is 0 Å². The molecular weight excluding hydrogens is 300 g/mol. The van der Waals surface area contributed by atoms with Crippen molar-refractivity contribution in [1.82, 2.24) is 14.8 Å². The third kappa shape index (κ3) is 3.86. The van der Waals surface area contributed by atoms with Crippen molar-refractivity contribution in [3.63, 3.8) is 0 Å². The minimum absolute atomic E-state index is 0.128. The number of hydrogen-bond donors (Lipinski definition) is 0.